The highest BCUT2D eigenvalue weighted by Crippen LogP contribution is 2.55. The molecular weight excluding hydrogens is 487 g/mol. The average molecular weight is 519 g/mol. The van der Waals surface area contributed by atoms with Gasteiger partial charge in [0.1, 0.15) is 18.3 Å². The summed E-state index contributed by atoms with van der Waals surface area (Å²) in [5, 5.41) is 25.5. The van der Waals surface area contributed by atoms with E-state index in [9.17, 15) is 10.2 Å². The summed E-state index contributed by atoms with van der Waals surface area (Å²) in [5.74, 6) is 0. The summed E-state index contributed by atoms with van der Waals surface area (Å²) < 4.78 is 15.4. The van der Waals surface area contributed by atoms with Crippen LogP contribution in [-0.2, 0) is 15.8 Å². The van der Waals surface area contributed by atoms with E-state index >= 15 is 4.57 Å². The Hall–Kier alpha value is -3.75. The average Bonchev–Trinajstić information content (AvgIpc) is 2.99. The van der Waals surface area contributed by atoms with Crippen molar-refractivity contribution < 1.29 is 14.8 Å². The molecule has 190 valence electrons. The number of aliphatic hydroxyl groups is 2. The van der Waals surface area contributed by atoms with Gasteiger partial charge in [-0.2, -0.15) is 0 Å². The van der Waals surface area contributed by atoms with Crippen molar-refractivity contribution in [1.29, 1.82) is 0 Å². The van der Waals surface area contributed by atoms with E-state index < -0.39 is 18.3 Å². The lowest BCUT2D eigenvalue weighted by atomic mass is 9.88. The molecule has 5 aromatic rings. The molecule has 0 spiro atoms. The van der Waals surface area contributed by atoms with E-state index in [-0.39, 0.29) is 12.3 Å². The number of benzene rings is 5. The fourth-order valence-electron chi connectivity index (χ4n) is 5.23. The van der Waals surface area contributed by atoms with Crippen LogP contribution in [0.2, 0.25) is 0 Å². The maximum Gasteiger partial charge on any atom is 0.122 e. The molecule has 5 rings (SSSR count). The standard InChI is InChI=1S/C34H31O3P/c35-33(28-16-6-1-7-17-28,29-18-8-2-9-19-29)26-38(37,32-24-14-5-15-25-32)27-34(36,30-20-10-3-11-21-30)31-22-12-4-13-23-31/h1-25,35-36H,26-27H2. The Balaban J connectivity index is 1.70. The van der Waals surface area contributed by atoms with E-state index in [2.05, 4.69) is 0 Å². The van der Waals surface area contributed by atoms with Gasteiger partial charge in [-0.3, -0.25) is 0 Å². The SMILES string of the molecule is O=P(CC(O)(c1ccccc1)c1ccccc1)(CC(O)(c1ccccc1)c1ccccc1)c1ccccc1. The van der Waals surface area contributed by atoms with Crippen LogP contribution in [0, 0.1) is 0 Å². The molecule has 0 atom stereocenters. The highest BCUT2D eigenvalue weighted by atomic mass is 31.2. The Bertz CT molecular complexity index is 1310. The van der Waals surface area contributed by atoms with Gasteiger partial charge in [-0.25, -0.2) is 0 Å². The van der Waals surface area contributed by atoms with Gasteiger partial charge < -0.3 is 14.8 Å². The van der Waals surface area contributed by atoms with Crippen LogP contribution in [0.1, 0.15) is 22.3 Å². The van der Waals surface area contributed by atoms with Crippen LogP contribution in [-0.4, -0.2) is 22.5 Å². The molecule has 38 heavy (non-hydrogen) atoms. The summed E-state index contributed by atoms with van der Waals surface area (Å²) in [4.78, 5) is 0. The second kappa shape index (κ2) is 10.9. The highest BCUT2D eigenvalue weighted by Gasteiger charge is 2.46. The number of rotatable bonds is 9. The minimum Gasteiger partial charge on any atom is -0.380 e. The third-order valence-electron chi connectivity index (χ3n) is 7.20. The molecule has 5 aromatic carbocycles. The molecule has 0 amide bonds. The van der Waals surface area contributed by atoms with Gasteiger partial charge in [0.25, 0.3) is 0 Å². The lowest BCUT2D eigenvalue weighted by Crippen LogP contribution is -2.39. The first-order chi connectivity index (χ1) is 18.4. The molecule has 0 saturated carbocycles. The van der Waals surface area contributed by atoms with E-state index in [1.807, 2.05) is 152 Å². The van der Waals surface area contributed by atoms with Crippen molar-refractivity contribution in [2.75, 3.05) is 12.3 Å². The molecule has 4 heteroatoms. The Morgan fingerprint density at radius 3 is 0.921 bits per heavy atom. The van der Waals surface area contributed by atoms with E-state index in [1.165, 1.54) is 0 Å². The van der Waals surface area contributed by atoms with Gasteiger partial charge in [-0.15, -0.1) is 0 Å². The molecule has 2 N–H and O–H groups in total. The molecule has 0 radical (unpaired) electrons. The molecule has 0 unspecified atom stereocenters. The van der Waals surface area contributed by atoms with Crippen molar-refractivity contribution in [3.05, 3.63) is 174 Å². The Labute approximate surface area is 224 Å². The van der Waals surface area contributed by atoms with Gasteiger partial charge in [0, 0.05) is 17.6 Å². The molecule has 0 saturated heterocycles. The largest absolute Gasteiger partial charge is 0.380 e. The van der Waals surface area contributed by atoms with Crippen LogP contribution in [0.4, 0.5) is 0 Å². The van der Waals surface area contributed by atoms with E-state index in [1.54, 1.807) is 0 Å². The predicted molar refractivity (Wildman–Crippen MR) is 155 cm³/mol. The maximum atomic E-state index is 15.4. The third-order valence-corrected chi connectivity index (χ3v) is 10.4. The summed E-state index contributed by atoms with van der Waals surface area (Å²) in [6, 6.07) is 46.8. The smallest absolute Gasteiger partial charge is 0.122 e. The van der Waals surface area contributed by atoms with Gasteiger partial charge in [0.2, 0.25) is 0 Å². The zero-order valence-corrected chi connectivity index (χ0v) is 22.0. The summed E-state index contributed by atoms with van der Waals surface area (Å²) >= 11 is 0. The van der Waals surface area contributed by atoms with Gasteiger partial charge in [-0.1, -0.05) is 152 Å². The molecule has 0 bridgehead atoms. The van der Waals surface area contributed by atoms with Crippen LogP contribution in [0.25, 0.3) is 0 Å². The topological polar surface area (TPSA) is 57.5 Å². The van der Waals surface area contributed by atoms with Crippen molar-refractivity contribution in [1.82, 2.24) is 0 Å². The summed E-state index contributed by atoms with van der Waals surface area (Å²) in [5.41, 5.74) is -0.448. The van der Waals surface area contributed by atoms with E-state index in [0.717, 1.165) is 0 Å². The first kappa shape index (κ1) is 25.9. The van der Waals surface area contributed by atoms with Crippen LogP contribution < -0.4 is 5.30 Å². The van der Waals surface area contributed by atoms with Crippen molar-refractivity contribution in [3.63, 3.8) is 0 Å². The third kappa shape index (κ3) is 5.14. The zero-order valence-electron chi connectivity index (χ0n) is 21.1. The minimum absolute atomic E-state index is 0.0694. The summed E-state index contributed by atoms with van der Waals surface area (Å²) in [6.45, 7) is 0. The predicted octanol–water partition coefficient (Wildman–Crippen LogP) is 6.55. The first-order valence-corrected chi connectivity index (χ1v) is 14.8. The second-order valence-electron chi connectivity index (χ2n) is 9.73. The zero-order chi connectivity index (χ0) is 26.5. The monoisotopic (exact) mass is 518 g/mol. The highest BCUT2D eigenvalue weighted by molar-refractivity contribution is 7.71. The van der Waals surface area contributed by atoms with Crippen molar-refractivity contribution >= 4 is 12.4 Å². The van der Waals surface area contributed by atoms with Crippen molar-refractivity contribution in [2.45, 2.75) is 11.2 Å². The first-order valence-electron chi connectivity index (χ1n) is 12.7. The van der Waals surface area contributed by atoms with Gasteiger partial charge in [-0.05, 0) is 22.3 Å². The summed E-state index contributed by atoms with van der Waals surface area (Å²) in [7, 11) is -3.48. The molecule has 0 aliphatic rings. The molecule has 3 nitrogen and oxygen atoms in total. The maximum absolute atomic E-state index is 15.4. The Morgan fingerprint density at radius 1 is 0.421 bits per heavy atom. The summed E-state index contributed by atoms with van der Waals surface area (Å²) in [6.07, 6.45) is -0.139. The fourth-order valence-corrected chi connectivity index (χ4v) is 8.63. The molecular formula is C34H31O3P. The van der Waals surface area contributed by atoms with Crippen molar-refractivity contribution in [3.8, 4) is 0 Å². The normalized spacial score (nSPS) is 12.3. The van der Waals surface area contributed by atoms with Gasteiger partial charge in [0.15, 0.2) is 0 Å². The fraction of sp³-hybridized carbons (Fsp3) is 0.118. The van der Waals surface area contributed by atoms with Crippen molar-refractivity contribution in [2.24, 2.45) is 0 Å². The van der Waals surface area contributed by atoms with Gasteiger partial charge in [0.05, 0.1) is 0 Å². The lowest BCUT2D eigenvalue weighted by molar-refractivity contribution is 0.0972. The molecule has 0 aromatic heterocycles. The van der Waals surface area contributed by atoms with Gasteiger partial charge >= 0.3 is 0 Å². The molecule has 0 aliphatic carbocycles. The molecule has 0 heterocycles. The number of hydrogen-bond acceptors (Lipinski definition) is 3. The molecule has 0 fully saturated rings. The number of hydrogen-bond donors (Lipinski definition) is 2. The molecule has 0 aliphatic heterocycles. The Morgan fingerprint density at radius 2 is 0.658 bits per heavy atom. The van der Waals surface area contributed by atoms with Crippen LogP contribution >= 0.6 is 7.14 Å². The lowest BCUT2D eigenvalue weighted by Gasteiger charge is -2.38. The van der Waals surface area contributed by atoms with E-state index in [4.69, 9.17) is 0 Å². The van der Waals surface area contributed by atoms with E-state index in [0.29, 0.717) is 27.6 Å². The Kier molecular flexibility index (Phi) is 7.44. The second-order valence-corrected chi connectivity index (χ2v) is 12.7. The van der Waals surface area contributed by atoms with Crippen LogP contribution in [0.5, 0.6) is 0 Å². The quantitative estimate of drug-likeness (QED) is 0.218. The van der Waals surface area contributed by atoms with Crippen LogP contribution in [0.15, 0.2) is 152 Å². The minimum atomic E-state index is -3.48. The van der Waals surface area contributed by atoms with Crippen LogP contribution in [0.3, 0.4) is 0 Å².